The van der Waals surface area contributed by atoms with Crippen LogP contribution in [0.25, 0.3) is 5.82 Å². The molecule has 2 heterocycles. The first kappa shape index (κ1) is 18.3. The van der Waals surface area contributed by atoms with Crippen LogP contribution in [0, 0.1) is 0 Å². The van der Waals surface area contributed by atoms with Crippen molar-refractivity contribution in [3.8, 4) is 11.6 Å². The minimum absolute atomic E-state index is 0.0875. The van der Waals surface area contributed by atoms with Gasteiger partial charge in [0.2, 0.25) is 0 Å². The van der Waals surface area contributed by atoms with Crippen molar-refractivity contribution in [3.05, 3.63) is 60.6 Å². The molecule has 3 aromatic rings. The van der Waals surface area contributed by atoms with Crippen LogP contribution < -0.4 is 9.64 Å². The van der Waals surface area contributed by atoms with Crippen LogP contribution in [0.5, 0.6) is 5.75 Å². The zero-order chi connectivity index (χ0) is 18.5. The Kier molecular flexibility index (Phi) is 5.83. The van der Waals surface area contributed by atoms with Crippen molar-refractivity contribution in [2.75, 3.05) is 19.0 Å². The molecule has 26 heavy (non-hydrogen) atoms. The maximum absolute atomic E-state index is 5.91. The number of aromatic nitrogens is 3. The Morgan fingerprint density at radius 1 is 1.08 bits per heavy atom. The summed E-state index contributed by atoms with van der Waals surface area (Å²) in [5.74, 6) is 2.36. The van der Waals surface area contributed by atoms with Crippen molar-refractivity contribution in [2.45, 2.75) is 30.9 Å². The molecule has 3 rings (SSSR count). The third-order valence-electron chi connectivity index (χ3n) is 3.78. The van der Waals surface area contributed by atoms with Gasteiger partial charge in [0.25, 0.3) is 0 Å². The van der Waals surface area contributed by atoms with E-state index >= 15 is 0 Å². The van der Waals surface area contributed by atoms with Gasteiger partial charge in [0, 0.05) is 44.1 Å². The number of nitrogens with zero attached hydrogens (tertiary/aromatic N) is 4. The Morgan fingerprint density at radius 3 is 2.65 bits per heavy atom. The van der Waals surface area contributed by atoms with Crippen molar-refractivity contribution in [2.24, 2.45) is 0 Å². The maximum atomic E-state index is 5.91. The van der Waals surface area contributed by atoms with Gasteiger partial charge in [-0.05, 0) is 37.6 Å². The van der Waals surface area contributed by atoms with Crippen LogP contribution in [-0.2, 0) is 5.75 Å². The van der Waals surface area contributed by atoms with Crippen LogP contribution in [0.3, 0.4) is 0 Å². The summed E-state index contributed by atoms with van der Waals surface area (Å²) >= 11 is 1.69. The minimum atomic E-state index is 0.0875. The summed E-state index contributed by atoms with van der Waals surface area (Å²) in [5, 5.41) is 0.894. The average molecular weight is 369 g/mol. The van der Waals surface area contributed by atoms with Gasteiger partial charge in [-0.1, -0.05) is 30.0 Å². The number of thioether (sulfide) groups is 1. The zero-order valence-corrected chi connectivity index (χ0v) is 16.4. The second-order valence-corrected chi connectivity index (χ2v) is 7.33. The lowest BCUT2D eigenvalue weighted by Gasteiger charge is -2.17. The highest BCUT2D eigenvalue weighted by Crippen LogP contribution is 2.30. The quantitative estimate of drug-likeness (QED) is 0.578. The van der Waals surface area contributed by atoms with Gasteiger partial charge in [0.05, 0.1) is 6.10 Å². The van der Waals surface area contributed by atoms with Gasteiger partial charge >= 0.3 is 0 Å². The molecule has 0 fully saturated rings. The fourth-order valence-corrected chi connectivity index (χ4v) is 3.63. The summed E-state index contributed by atoms with van der Waals surface area (Å²) in [7, 11) is 4.13. The molecule has 0 aliphatic heterocycles. The van der Waals surface area contributed by atoms with Crippen molar-refractivity contribution >= 4 is 17.4 Å². The van der Waals surface area contributed by atoms with Crippen molar-refractivity contribution in [1.82, 2.24) is 14.5 Å². The molecule has 1 aromatic carbocycles. The highest BCUT2D eigenvalue weighted by atomic mass is 32.2. The molecule has 0 saturated carbocycles. The Labute approximate surface area is 159 Å². The number of rotatable bonds is 7. The number of hydrogen-bond acceptors (Lipinski definition) is 5. The van der Waals surface area contributed by atoms with E-state index in [1.54, 1.807) is 24.2 Å². The van der Waals surface area contributed by atoms with E-state index in [1.165, 1.54) is 11.3 Å². The second kappa shape index (κ2) is 8.27. The molecule has 0 aliphatic carbocycles. The predicted octanol–water partition coefficient (Wildman–Crippen LogP) is 4.41. The standard InChI is InChI=1S/C20H24N4OS/c1-15(2)25-18-10-7-11-21-19(18)24-13-12-22-20(24)26-14-16-8-5-6-9-17(16)23(3)4/h5-13,15H,14H2,1-4H3. The first-order valence-electron chi connectivity index (χ1n) is 8.59. The molecule has 0 spiro atoms. The van der Waals surface area contributed by atoms with E-state index in [-0.39, 0.29) is 6.10 Å². The van der Waals surface area contributed by atoms with Crippen molar-refractivity contribution < 1.29 is 4.74 Å². The molecule has 0 bridgehead atoms. The van der Waals surface area contributed by atoms with Gasteiger partial charge in [-0.25, -0.2) is 9.97 Å². The summed E-state index contributed by atoms with van der Waals surface area (Å²) < 4.78 is 7.90. The minimum Gasteiger partial charge on any atom is -0.487 e. The van der Waals surface area contributed by atoms with E-state index in [9.17, 15) is 0 Å². The monoisotopic (exact) mass is 368 g/mol. The molecule has 0 atom stereocenters. The highest BCUT2D eigenvalue weighted by Gasteiger charge is 2.14. The molecule has 0 N–H and O–H groups in total. The number of imidazole rings is 1. The Bertz CT molecular complexity index is 860. The second-order valence-electron chi connectivity index (χ2n) is 6.38. The van der Waals surface area contributed by atoms with Gasteiger partial charge in [-0.2, -0.15) is 0 Å². The number of benzene rings is 1. The lowest BCUT2D eigenvalue weighted by molar-refractivity contribution is 0.240. The fourth-order valence-electron chi connectivity index (χ4n) is 2.68. The summed E-state index contributed by atoms with van der Waals surface area (Å²) in [6.45, 7) is 4.02. The van der Waals surface area contributed by atoms with Gasteiger partial charge in [0.15, 0.2) is 16.7 Å². The first-order chi connectivity index (χ1) is 12.6. The normalized spacial score (nSPS) is 11.0. The Balaban J connectivity index is 1.85. The van der Waals surface area contributed by atoms with Crippen LogP contribution in [0.2, 0.25) is 0 Å². The van der Waals surface area contributed by atoms with E-state index in [1.807, 2.05) is 36.7 Å². The van der Waals surface area contributed by atoms with Gasteiger partial charge in [-0.15, -0.1) is 0 Å². The van der Waals surface area contributed by atoms with Gasteiger partial charge in [0.1, 0.15) is 0 Å². The van der Waals surface area contributed by atoms with Gasteiger partial charge in [-0.3, -0.25) is 4.57 Å². The van der Waals surface area contributed by atoms with Crippen molar-refractivity contribution in [1.29, 1.82) is 0 Å². The SMILES string of the molecule is CC(C)Oc1cccnc1-n1ccnc1SCc1ccccc1N(C)C. The maximum Gasteiger partial charge on any atom is 0.181 e. The lowest BCUT2D eigenvalue weighted by Crippen LogP contribution is -2.11. The number of hydrogen-bond donors (Lipinski definition) is 0. The molecule has 0 unspecified atom stereocenters. The Morgan fingerprint density at radius 2 is 1.88 bits per heavy atom. The topological polar surface area (TPSA) is 43.2 Å². The van der Waals surface area contributed by atoms with E-state index < -0.39 is 0 Å². The fraction of sp³-hybridized carbons (Fsp3) is 0.300. The van der Waals surface area contributed by atoms with E-state index in [4.69, 9.17) is 4.74 Å². The molecular weight excluding hydrogens is 344 g/mol. The lowest BCUT2D eigenvalue weighted by atomic mass is 10.2. The van der Waals surface area contributed by atoms with Gasteiger partial charge < -0.3 is 9.64 Å². The van der Waals surface area contributed by atoms with E-state index in [2.05, 4.69) is 53.2 Å². The molecule has 0 aliphatic rings. The van der Waals surface area contributed by atoms with Crippen LogP contribution in [-0.4, -0.2) is 34.7 Å². The largest absolute Gasteiger partial charge is 0.487 e. The summed E-state index contributed by atoms with van der Waals surface area (Å²) in [5.41, 5.74) is 2.50. The number of pyridine rings is 1. The van der Waals surface area contributed by atoms with E-state index in [0.29, 0.717) is 0 Å². The Hall–Kier alpha value is -2.47. The van der Waals surface area contributed by atoms with Crippen molar-refractivity contribution in [3.63, 3.8) is 0 Å². The smallest absolute Gasteiger partial charge is 0.181 e. The molecule has 0 radical (unpaired) electrons. The first-order valence-corrected chi connectivity index (χ1v) is 9.58. The number of ether oxygens (including phenoxy) is 1. The molecule has 5 nitrogen and oxygen atoms in total. The molecular formula is C20H24N4OS. The molecule has 136 valence electrons. The van der Waals surface area contributed by atoms with Crippen LogP contribution >= 0.6 is 11.8 Å². The van der Waals surface area contributed by atoms with Crippen LogP contribution in [0.15, 0.2) is 60.1 Å². The summed E-state index contributed by atoms with van der Waals surface area (Å²) in [4.78, 5) is 11.2. The number of para-hydroxylation sites is 1. The molecule has 0 amide bonds. The molecule has 0 saturated heterocycles. The molecule has 6 heteroatoms. The molecule has 2 aromatic heterocycles. The van der Waals surface area contributed by atoms with Crippen LogP contribution in [0.1, 0.15) is 19.4 Å². The third kappa shape index (κ3) is 4.19. The highest BCUT2D eigenvalue weighted by molar-refractivity contribution is 7.98. The average Bonchev–Trinajstić information content (AvgIpc) is 3.08. The third-order valence-corrected chi connectivity index (χ3v) is 4.79. The summed E-state index contributed by atoms with van der Waals surface area (Å²) in [6, 6.07) is 12.3. The predicted molar refractivity (Wildman–Crippen MR) is 107 cm³/mol. The zero-order valence-electron chi connectivity index (χ0n) is 15.6. The van der Waals surface area contributed by atoms with Crippen LogP contribution in [0.4, 0.5) is 5.69 Å². The number of anilines is 1. The summed E-state index contributed by atoms with van der Waals surface area (Å²) in [6.07, 6.45) is 5.59. The van der Waals surface area contributed by atoms with E-state index in [0.717, 1.165) is 22.5 Å².